The van der Waals surface area contributed by atoms with Crippen LogP contribution < -0.4 is 0 Å². The van der Waals surface area contributed by atoms with Crippen LogP contribution in [0.1, 0.15) is 43.2 Å². The normalized spacial score (nSPS) is 18.6. The van der Waals surface area contributed by atoms with Crippen molar-refractivity contribution < 1.29 is 14.3 Å². The first-order valence-corrected chi connectivity index (χ1v) is 7.26. The Hall–Kier alpha value is -1.91. The van der Waals surface area contributed by atoms with Gasteiger partial charge < -0.3 is 9.64 Å². The van der Waals surface area contributed by atoms with Crippen LogP contribution in [0.15, 0.2) is 18.3 Å². The van der Waals surface area contributed by atoms with E-state index in [1.165, 1.54) is 0 Å². The first-order chi connectivity index (χ1) is 9.89. The summed E-state index contributed by atoms with van der Waals surface area (Å²) in [6.07, 6.45) is 3.90. The molecule has 1 aliphatic rings. The zero-order chi connectivity index (χ0) is 15.5. The number of hydrogen-bond acceptors (Lipinski definition) is 4. The molecule has 0 aromatic carbocycles. The molecule has 1 amide bonds. The van der Waals surface area contributed by atoms with Crippen molar-refractivity contribution in [1.82, 2.24) is 9.88 Å². The molecule has 114 valence electrons. The van der Waals surface area contributed by atoms with Gasteiger partial charge in [-0.15, -0.1) is 0 Å². The lowest BCUT2D eigenvalue weighted by Crippen LogP contribution is -2.35. The minimum atomic E-state index is -0.471. The van der Waals surface area contributed by atoms with Crippen LogP contribution in [0.2, 0.25) is 0 Å². The fourth-order valence-corrected chi connectivity index (χ4v) is 2.49. The lowest BCUT2D eigenvalue weighted by atomic mass is 10.00. The maximum atomic E-state index is 12.0. The highest BCUT2D eigenvalue weighted by molar-refractivity contribution is 5.76. The highest BCUT2D eigenvalue weighted by Gasteiger charge is 2.30. The van der Waals surface area contributed by atoms with Crippen LogP contribution in [0.25, 0.3) is 0 Å². The van der Waals surface area contributed by atoms with Gasteiger partial charge in [-0.05, 0) is 51.7 Å². The average molecular weight is 290 g/mol. The third kappa shape index (κ3) is 4.28. The van der Waals surface area contributed by atoms with Gasteiger partial charge >= 0.3 is 6.09 Å². The van der Waals surface area contributed by atoms with E-state index in [1.807, 2.05) is 20.8 Å². The summed E-state index contributed by atoms with van der Waals surface area (Å²) >= 11 is 0. The first kappa shape index (κ1) is 15.5. The van der Waals surface area contributed by atoms with Crippen molar-refractivity contribution in [3.63, 3.8) is 0 Å². The number of amides is 1. The summed E-state index contributed by atoms with van der Waals surface area (Å²) in [4.78, 5) is 29.0. The van der Waals surface area contributed by atoms with Crippen molar-refractivity contribution in [3.8, 4) is 0 Å². The van der Waals surface area contributed by atoms with Gasteiger partial charge in [-0.1, -0.05) is 0 Å². The minimum Gasteiger partial charge on any atom is -0.444 e. The predicted octanol–water partition coefficient (Wildman–Crippen LogP) is 2.69. The van der Waals surface area contributed by atoms with Crippen LogP contribution in [0.3, 0.4) is 0 Å². The van der Waals surface area contributed by atoms with Gasteiger partial charge in [0.1, 0.15) is 5.60 Å². The Balaban J connectivity index is 1.94. The number of aldehydes is 1. The molecule has 21 heavy (non-hydrogen) atoms. The fourth-order valence-electron chi connectivity index (χ4n) is 2.49. The molecule has 0 radical (unpaired) electrons. The molecular formula is C16H22N2O3. The summed E-state index contributed by atoms with van der Waals surface area (Å²) < 4.78 is 5.38. The van der Waals surface area contributed by atoms with E-state index in [2.05, 4.69) is 4.98 Å². The van der Waals surface area contributed by atoms with Gasteiger partial charge in [0.25, 0.3) is 0 Å². The molecule has 0 spiro atoms. The van der Waals surface area contributed by atoms with E-state index >= 15 is 0 Å². The van der Waals surface area contributed by atoms with E-state index in [1.54, 1.807) is 23.2 Å². The summed E-state index contributed by atoms with van der Waals surface area (Å²) in [5.74, 6) is 0.325. The van der Waals surface area contributed by atoms with Crippen LogP contribution >= 0.6 is 0 Å². The second kappa shape index (κ2) is 6.24. The molecule has 1 aliphatic heterocycles. The summed E-state index contributed by atoms with van der Waals surface area (Å²) in [6, 6.07) is 3.53. The molecule has 0 N–H and O–H groups in total. The highest BCUT2D eigenvalue weighted by atomic mass is 16.6. The Labute approximate surface area is 125 Å². The van der Waals surface area contributed by atoms with Crippen LogP contribution in [-0.4, -0.2) is 41.0 Å². The summed E-state index contributed by atoms with van der Waals surface area (Å²) in [5.41, 5.74) is 0.970. The number of carbonyl (C=O) groups excluding carboxylic acids is 2. The number of rotatable bonds is 3. The lowest BCUT2D eigenvalue weighted by Gasteiger charge is -2.24. The number of carbonyl (C=O) groups is 2. The van der Waals surface area contributed by atoms with E-state index in [9.17, 15) is 9.59 Å². The van der Waals surface area contributed by atoms with Crippen molar-refractivity contribution in [2.75, 3.05) is 13.1 Å². The minimum absolute atomic E-state index is 0.262. The number of pyridine rings is 1. The van der Waals surface area contributed by atoms with Crippen molar-refractivity contribution in [3.05, 3.63) is 29.6 Å². The van der Waals surface area contributed by atoms with Gasteiger partial charge in [0.15, 0.2) is 6.29 Å². The Kier molecular flexibility index (Phi) is 4.60. The monoisotopic (exact) mass is 290 g/mol. The highest BCUT2D eigenvalue weighted by Crippen LogP contribution is 2.23. The average Bonchev–Trinajstić information content (AvgIpc) is 2.86. The van der Waals surface area contributed by atoms with Gasteiger partial charge in [0.2, 0.25) is 0 Å². The van der Waals surface area contributed by atoms with Gasteiger partial charge in [0.05, 0.1) is 5.69 Å². The van der Waals surface area contributed by atoms with E-state index in [4.69, 9.17) is 4.74 Å². The SMILES string of the molecule is CC(C)(C)OC(=O)N1CCC(Cc2ncccc2C=O)C1. The topological polar surface area (TPSA) is 59.5 Å². The van der Waals surface area contributed by atoms with Gasteiger partial charge in [0, 0.05) is 24.8 Å². The molecule has 0 bridgehead atoms. The summed E-state index contributed by atoms with van der Waals surface area (Å²) in [7, 11) is 0. The van der Waals surface area contributed by atoms with Gasteiger partial charge in [-0.3, -0.25) is 9.78 Å². The van der Waals surface area contributed by atoms with Crippen LogP contribution in [0, 0.1) is 5.92 Å². The molecule has 1 fully saturated rings. The molecule has 1 aromatic rings. The number of aromatic nitrogens is 1. The van der Waals surface area contributed by atoms with E-state index in [0.717, 1.165) is 18.4 Å². The molecule has 1 saturated heterocycles. The van der Waals surface area contributed by atoms with E-state index in [0.29, 0.717) is 31.0 Å². The molecule has 1 aromatic heterocycles. The van der Waals surface area contributed by atoms with Crippen LogP contribution in [0.5, 0.6) is 0 Å². The summed E-state index contributed by atoms with van der Waals surface area (Å²) in [5, 5.41) is 0. The molecule has 2 rings (SSSR count). The zero-order valence-electron chi connectivity index (χ0n) is 12.8. The van der Waals surface area contributed by atoms with Crippen LogP contribution in [0.4, 0.5) is 4.79 Å². The van der Waals surface area contributed by atoms with E-state index < -0.39 is 5.60 Å². The molecule has 0 saturated carbocycles. The molecule has 2 heterocycles. The second-order valence-electron chi connectivity index (χ2n) is 6.44. The first-order valence-electron chi connectivity index (χ1n) is 7.26. The molecule has 5 heteroatoms. The Morgan fingerprint density at radius 3 is 2.95 bits per heavy atom. The molecule has 1 atom stereocenters. The van der Waals surface area contributed by atoms with Crippen molar-refractivity contribution >= 4 is 12.4 Å². The predicted molar refractivity (Wildman–Crippen MR) is 79.2 cm³/mol. The molecule has 0 aliphatic carbocycles. The second-order valence-corrected chi connectivity index (χ2v) is 6.44. The number of nitrogens with zero attached hydrogens (tertiary/aromatic N) is 2. The lowest BCUT2D eigenvalue weighted by molar-refractivity contribution is 0.0288. The number of hydrogen-bond donors (Lipinski definition) is 0. The van der Waals surface area contributed by atoms with Gasteiger partial charge in [-0.25, -0.2) is 4.79 Å². The quantitative estimate of drug-likeness (QED) is 0.803. The van der Waals surface area contributed by atoms with E-state index in [-0.39, 0.29) is 6.09 Å². The standard InChI is InChI=1S/C16H22N2O3/c1-16(2,3)21-15(20)18-8-6-12(10-18)9-14-13(11-19)5-4-7-17-14/h4-5,7,11-12H,6,8-10H2,1-3H3. The number of likely N-dealkylation sites (tertiary alicyclic amines) is 1. The molecule has 5 nitrogen and oxygen atoms in total. The van der Waals surface area contributed by atoms with Crippen molar-refractivity contribution in [1.29, 1.82) is 0 Å². The third-order valence-electron chi connectivity index (χ3n) is 3.47. The molecular weight excluding hydrogens is 268 g/mol. The Morgan fingerprint density at radius 2 is 2.29 bits per heavy atom. The fraction of sp³-hybridized carbons (Fsp3) is 0.562. The van der Waals surface area contributed by atoms with Gasteiger partial charge in [-0.2, -0.15) is 0 Å². The van der Waals surface area contributed by atoms with Crippen molar-refractivity contribution in [2.24, 2.45) is 5.92 Å². The zero-order valence-corrected chi connectivity index (χ0v) is 12.8. The molecule has 1 unspecified atom stereocenters. The maximum absolute atomic E-state index is 12.0. The Bertz CT molecular complexity index is 522. The Morgan fingerprint density at radius 1 is 1.52 bits per heavy atom. The number of ether oxygens (including phenoxy) is 1. The summed E-state index contributed by atoms with van der Waals surface area (Å²) in [6.45, 7) is 6.95. The van der Waals surface area contributed by atoms with Crippen molar-refractivity contribution in [2.45, 2.75) is 39.2 Å². The largest absolute Gasteiger partial charge is 0.444 e. The maximum Gasteiger partial charge on any atom is 0.410 e. The third-order valence-corrected chi connectivity index (χ3v) is 3.47. The smallest absolute Gasteiger partial charge is 0.410 e. The van der Waals surface area contributed by atoms with Crippen LogP contribution in [-0.2, 0) is 11.2 Å².